The lowest BCUT2D eigenvalue weighted by Crippen LogP contribution is -2.39. The first-order valence-electron chi connectivity index (χ1n) is 7.17. The first kappa shape index (κ1) is 11.8. The van der Waals surface area contributed by atoms with E-state index in [4.69, 9.17) is 5.73 Å². The third kappa shape index (κ3) is 2.06. The van der Waals surface area contributed by atoms with Gasteiger partial charge in [0, 0.05) is 18.8 Å². The minimum absolute atomic E-state index is 0.662. The van der Waals surface area contributed by atoms with Crippen molar-refractivity contribution in [3.8, 4) is 0 Å². The van der Waals surface area contributed by atoms with Crippen molar-refractivity contribution in [2.24, 2.45) is 5.41 Å². The fourth-order valence-electron chi connectivity index (χ4n) is 3.62. The SMILES string of the molecule is Cc1ccc(N)c(N2CCC3(CCCC3)CC2)n1. The molecule has 1 aromatic heterocycles. The van der Waals surface area contributed by atoms with Crippen LogP contribution >= 0.6 is 0 Å². The second-order valence-corrected chi connectivity index (χ2v) is 6.06. The molecule has 0 aromatic carbocycles. The predicted molar refractivity (Wildman–Crippen MR) is 75.7 cm³/mol. The molecule has 2 aliphatic rings. The molecule has 98 valence electrons. The Hall–Kier alpha value is -1.25. The molecule has 1 spiro atoms. The number of rotatable bonds is 1. The lowest BCUT2D eigenvalue weighted by molar-refractivity contribution is 0.226. The molecule has 0 bridgehead atoms. The number of nitrogens with zero attached hydrogens (tertiary/aromatic N) is 2. The molecule has 3 nitrogen and oxygen atoms in total. The molecule has 3 rings (SSSR count). The summed E-state index contributed by atoms with van der Waals surface area (Å²) in [5.41, 5.74) is 8.60. The maximum atomic E-state index is 6.06. The van der Waals surface area contributed by atoms with Crippen molar-refractivity contribution in [1.29, 1.82) is 0 Å². The van der Waals surface area contributed by atoms with Crippen molar-refractivity contribution in [1.82, 2.24) is 4.98 Å². The average molecular weight is 245 g/mol. The number of anilines is 2. The Bertz CT molecular complexity index is 425. The van der Waals surface area contributed by atoms with Crippen LogP contribution in [0.15, 0.2) is 12.1 Å². The van der Waals surface area contributed by atoms with Crippen molar-refractivity contribution < 1.29 is 0 Å². The highest BCUT2D eigenvalue weighted by molar-refractivity contribution is 5.63. The van der Waals surface area contributed by atoms with E-state index >= 15 is 0 Å². The maximum Gasteiger partial charge on any atom is 0.152 e. The number of nitrogen functional groups attached to an aromatic ring is 1. The van der Waals surface area contributed by atoms with Gasteiger partial charge in [0.1, 0.15) is 0 Å². The van der Waals surface area contributed by atoms with Crippen LogP contribution in [0.3, 0.4) is 0 Å². The smallest absolute Gasteiger partial charge is 0.152 e. The first-order chi connectivity index (χ1) is 8.69. The van der Waals surface area contributed by atoms with E-state index in [-0.39, 0.29) is 0 Å². The number of pyridine rings is 1. The molecule has 2 fully saturated rings. The molecule has 18 heavy (non-hydrogen) atoms. The van der Waals surface area contributed by atoms with Crippen LogP contribution in [0, 0.1) is 12.3 Å². The van der Waals surface area contributed by atoms with Gasteiger partial charge in [0.2, 0.25) is 0 Å². The monoisotopic (exact) mass is 245 g/mol. The zero-order chi connectivity index (χ0) is 12.6. The minimum Gasteiger partial charge on any atom is -0.396 e. The molecule has 2 heterocycles. The van der Waals surface area contributed by atoms with E-state index in [9.17, 15) is 0 Å². The van der Waals surface area contributed by atoms with Gasteiger partial charge >= 0.3 is 0 Å². The van der Waals surface area contributed by atoms with Crippen LogP contribution in [-0.4, -0.2) is 18.1 Å². The van der Waals surface area contributed by atoms with Gasteiger partial charge in [-0.05, 0) is 50.2 Å². The van der Waals surface area contributed by atoms with Gasteiger partial charge in [-0.2, -0.15) is 0 Å². The lowest BCUT2D eigenvalue weighted by atomic mass is 9.77. The Kier molecular flexibility index (Phi) is 2.92. The molecule has 1 aliphatic carbocycles. The summed E-state index contributed by atoms with van der Waals surface area (Å²) in [7, 11) is 0. The maximum absolute atomic E-state index is 6.06. The Labute approximate surface area is 109 Å². The fourth-order valence-corrected chi connectivity index (χ4v) is 3.62. The van der Waals surface area contributed by atoms with Gasteiger partial charge in [-0.15, -0.1) is 0 Å². The Morgan fingerprint density at radius 3 is 2.44 bits per heavy atom. The quantitative estimate of drug-likeness (QED) is 0.826. The summed E-state index contributed by atoms with van der Waals surface area (Å²) in [5.74, 6) is 1.00. The van der Waals surface area contributed by atoms with Crippen LogP contribution in [-0.2, 0) is 0 Å². The van der Waals surface area contributed by atoms with Gasteiger partial charge < -0.3 is 10.6 Å². The van der Waals surface area contributed by atoms with Crippen LogP contribution in [0.5, 0.6) is 0 Å². The molecule has 3 heteroatoms. The molecule has 0 unspecified atom stereocenters. The molecule has 2 N–H and O–H groups in total. The first-order valence-corrected chi connectivity index (χ1v) is 7.17. The molecular formula is C15H23N3. The Balaban J connectivity index is 1.74. The predicted octanol–water partition coefficient (Wildman–Crippen LogP) is 3.13. The topological polar surface area (TPSA) is 42.1 Å². The minimum atomic E-state index is 0.662. The van der Waals surface area contributed by atoms with Crippen LogP contribution in [0.1, 0.15) is 44.2 Å². The summed E-state index contributed by atoms with van der Waals surface area (Å²) in [5, 5.41) is 0. The summed E-state index contributed by atoms with van der Waals surface area (Å²) >= 11 is 0. The second kappa shape index (κ2) is 4.45. The average Bonchev–Trinajstić information content (AvgIpc) is 2.82. The number of aromatic nitrogens is 1. The Morgan fingerprint density at radius 2 is 1.78 bits per heavy atom. The van der Waals surface area contributed by atoms with Crippen molar-refractivity contribution in [3.63, 3.8) is 0 Å². The van der Waals surface area contributed by atoms with E-state index < -0.39 is 0 Å². The summed E-state index contributed by atoms with van der Waals surface area (Å²) in [4.78, 5) is 6.99. The van der Waals surface area contributed by atoms with Gasteiger partial charge in [-0.1, -0.05) is 12.8 Å². The van der Waals surface area contributed by atoms with Crippen LogP contribution in [0.2, 0.25) is 0 Å². The third-order valence-corrected chi connectivity index (χ3v) is 4.83. The van der Waals surface area contributed by atoms with Gasteiger partial charge in [-0.3, -0.25) is 0 Å². The van der Waals surface area contributed by atoms with Gasteiger partial charge in [0.05, 0.1) is 5.69 Å². The molecule has 1 aliphatic heterocycles. The largest absolute Gasteiger partial charge is 0.396 e. The van der Waals surface area contributed by atoms with E-state index in [2.05, 4.69) is 9.88 Å². The fraction of sp³-hybridized carbons (Fsp3) is 0.667. The summed E-state index contributed by atoms with van der Waals surface area (Å²) in [6.07, 6.45) is 8.40. The number of aryl methyl sites for hydroxylation is 1. The van der Waals surface area contributed by atoms with E-state index in [0.717, 1.165) is 30.3 Å². The van der Waals surface area contributed by atoms with Gasteiger partial charge in [0.25, 0.3) is 0 Å². The van der Waals surface area contributed by atoms with Crippen molar-refractivity contribution in [2.75, 3.05) is 23.7 Å². The molecule has 0 radical (unpaired) electrons. The molecular weight excluding hydrogens is 222 g/mol. The zero-order valence-corrected chi connectivity index (χ0v) is 11.3. The Morgan fingerprint density at radius 1 is 1.11 bits per heavy atom. The van der Waals surface area contributed by atoms with Crippen molar-refractivity contribution in [3.05, 3.63) is 17.8 Å². The summed E-state index contributed by atoms with van der Waals surface area (Å²) in [6.45, 7) is 4.28. The van der Waals surface area contributed by atoms with Crippen LogP contribution < -0.4 is 10.6 Å². The number of piperidine rings is 1. The van der Waals surface area contributed by atoms with Crippen LogP contribution in [0.4, 0.5) is 11.5 Å². The van der Waals surface area contributed by atoms with E-state index in [1.807, 2.05) is 19.1 Å². The number of hydrogen-bond donors (Lipinski definition) is 1. The van der Waals surface area contributed by atoms with Gasteiger partial charge in [-0.25, -0.2) is 4.98 Å². The lowest BCUT2D eigenvalue weighted by Gasteiger charge is -2.40. The zero-order valence-electron chi connectivity index (χ0n) is 11.3. The molecule has 1 saturated heterocycles. The molecule has 1 saturated carbocycles. The van der Waals surface area contributed by atoms with Gasteiger partial charge in [0.15, 0.2) is 5.82 Å². The molecule has 0 atom stereocenters. The molecule has 1 aromatic rings. The standard InChI is InChI=1S/C15H23N3/c1-12-4-5-13(16)14(17-12)18-10-8-15(9-11-18)6-2-3-7-15/h4-5H,2-3,6-11,16H2,1H3. The third-order valence-electron chi connectivity index (χ3n) is 4.83. The van der Waals surface area contributed by atoms with Crippen molar-refractivity contribution >= 4 is 11.5 Å². The van der Waals surface area contributed by atoms with E-state index in [1.54, 1.807) is 0 Å². The van der Waals surface area contributed by atoms with E-state index in [1.165, 1.54) is 38.5 Å². The van der Waals surface area contributed by atoms with Crippen LogP contribution in [0.25, 0.3) is 0 Å². The highest BCUT2D eigenvalue weighted by Crippen LogP contribution is 2.46. The highest BCUT2D eigenvalue weighted by Gasteiger charge is 2.37. The number of nitrogens with two attached hydrogens (primary N) is 1. The second-order valence-electron chi connectivity index (χ2n) is 6.06. The summed E-state index contributed by atoms with van der Waals surface area (Å²) in [6, 6.07) is 3.97. The van der Waals surface area contributed by atoms with E-state index in [0.29, 0.717) is 5.41 Å². The molecule has 0 amide bonds. The number of hydrogen-bond acceptors (Lipinski definition) is 3. The normalized spacial score (nSPS) is 22.6. The summed E-state index contributed by atoms with van der Waals surface area (Å²) < 4.78 is 0. The van der Waals surface area contributed by atoms with Crippen molar-refractivity contribution in [2.45, 2.75) is 45.4 Å². The highest BCUT2D eigenvalue weighted by atomic mass is 15.2.